The lowest BCUT2D eigenvalue weighted by Crippen LogP contribution is -2.31. The molecule has 116 valence electrons. The van der Waals surface area contributed by atoms with Crippen LogP contribution < -0.4 is 0 Å². The van der Waals surface area contributed by atoms with Crippen molar-refractivity contribution in [1.82, 2.24) is 14.9 Å². The first-order valence-corrected chi connectivity index (χ1v) is 8.67. The van der Waals surface area contributed by atoms with E-state index in [4.69, 9.17) is 0 Å². The SMILES string of the molecule is CC(C)c1nc(CC(=O)N2CCC[C@H]2c2ccncc2)cs1. The molecular formula is C17H21N3OS. The Hall–Kier alpha value is -1.75. The van der Waals surface area contributed by atoms with Gasteiger partial charge >= 0.3 is 0 Å². The first-order chi connectivity index (χ1) is 10.6. The molecule has 1 fully saturated rings. The summed E-state index contributed by atoms with van der Waals surface area (Å²) < 4.78 is 0. The van der Waals surface area contributed by atoms with E-state index in [-0.39, 0.29) is 11.9 Å². The minimum atomic E-state index is 0.180. The first kappa shape index (κ1) is 15.2. The number of likely N-dealkylation sites (tertiary alicyclic amines) is 1. The number of carbonyl (C=O) groups is 1. The lowest BCUT2D eigenvalue weighted by atomic mass is 10.1. The molecule has 0 spiro atoms. The van der Waals surface area contributed by atoms with E-state index in [1.807, 2.05) is 22.4 Å². The van der Waals surface area contributed by atoms with E-state index in [0.29, 0.717) is 12.3 Å². The van der Waals surface area contributed by atoms with Gasteiger partial charge < -0.3 is 4.90 Å². The van der Waals surface area contributed by atoms with Crippen LogP contribution in [0.1, 0.15) is 54.9 Å². The minimum Gasteiger partial charge on any atom is -0.335 e. The van der Waals surface area contributed by atoms with E-state index < -0.39 is 0 Å². The zero-order chi connectivity index (χ0) is 15.5. The van der Waals surface area contributed by atoms with Crippen LogP contribution in [0.2, 0.25) is 0 Å². The number of rotatable bonds is 4. The Bertz CT molecular complexity index is 638. The number of pyridine rings is 1. The molecular weight excluding hydrogens is 294 g/mol. The van der Waals surface area contributed by atoms with E-state index in [1.54, 1.807) is 23.7 Å². The summed E-state index contributed by atoms with van der Waals surface area (Å²) in [6.45, 7) is 5.10. The van der Waals surface area contributed by atoms with Gasteiger partial charge in [-0.2, -0.15) is 0 Å². The van der Waals surface area contributed by atoms with Crippen LogP contribution in [0.4, 0.5) is 0 Å². The Labute approximate surface area is 135 Å². The lowest BCUT2D eigenvalue weighted by molar-refractivity contribution is -0.131. The number of hydrogen-bond acceptors (Lipinski definition) is 4. The molecule has 0 saturated carbocycles. The van der Waals surface area contributed by atoms with Gasteiger partial charge in [-0.3, -0.25) is 9.78 Å². The summed E-state index contributed by atoms with van der Waals surface area (Å²) in [4.78, 5) is 23.3. The molecule has 0 unspecified atom stereocenters. The van der Waals surface area contributed by atoms with Crippen LogP contribution in [-0.2, 0) is 11.2 Å². The molecule has 3 rings (SSSR count). The van der Waals surface area contributed by atoms with E-state index in [2.05, 4.69) is 23.8 Å². The lowest BCUT2D eigenvalue weighted by Gasteiger charge is -2.24. The Morgan fingerprint density at radius 3 is 2.86 bits per heavy atom. The summed E-state index contributed by atoms with van der Waals surface area (Å²) >= 11 is 1.65. The second kappa shape index (κ2) is 6.57. The van der Waals surface area contributed by atoms with Crippen molar-refractivity contribution in [3.8, 4) is 0 Å². The van der Waals surface area contributed by atoms with Crippen LogP contribution in [-0.4, -0.2) is 27.3 Å². The molecule has 2 aromatic heterocycles. The van der Waals surface area contributed by atoms with Crippen molar-refractivity contribution in [1.29, 1.82) is 0 Å². The van der Waals surface area contributed by atoms with Crippen molar-refractivity contribution in [2.45, 2.75) is 45.1 Å². The number of thiazole rings is 1. The van der Waals surface area contributed by atoms with Crippen LogP contribution in [0.15, 0.2) is 29.9 Å². The highest BCUT2D eigenvalue weighted by Crippen LogP contribution is 2.32. The van der Waals surface area contributed by atoms with E-state index in [1.165, 1.54) is 5.56 Å². The molecule has 1 amide bonds. The van der Waals surface area contributed by atoms with E-state index in [0.717, 1.165) is 30.1 Å². The largest absolute Gasteiger partial charge is 0.335 e. The number of carbonyl (C=O) groups excluding carboxylic acids is 1. The van der Waals surface area contributed by atoms with Gasteiger partial charge in [0.05, 0.1) is 23.2 Å². The van der Waals surface area contributed by atoms with Crippen molar-refractivity contribution < 1.29 is 4.79 Å². The predicted octanol–water partition coefficient (Wildman–Crippen LogP) is 3.57. The van der Waals surface area contributed by atoms with Gasteiger partial charge in [0.15, 0.2) is 0 Å². The molecule has 0 radical (unpaired) electrons. The zero-order valence-corrected chi connectivity index (χ0v) is 13.8. The van der Waals surface area contributed by atoms with Crippen LogP contribution in [0.3, 0.4) is 0 Å². The summed E-state index contributed by atoms with van der Waals surface area (Å²) in [6.07, 6.45) is 6.10. The molecule has 1 aliphatic heterocycles. The number of amides is 1. The van der Waals surface area contributed by atoms with Gasteiger partial charge in [0.1, 0.15) is 0 Å². The molecule has 0 aliphatic carbocycles. The van der Waals surface area contributed by atoms with Crippen molar-refractivity contribution in [3.05, 3.63) is 46.2 Å². The summed E-state index contributed by atoms with van der Waals surface area (Å²) in [5.41, 5.74) is 2.08. The van der Waals surface area contributed by atoms with Gasteiger partial charge in [-0.05, 0) is 30.5 Å². The fraction of sp³-hybridized carbons (Fsp3) is 0.471. The molecule has 1 atom stereocenters. The highest BCUT2D eigenvalue weighted by atomic mass is 32.1. The maximum atomic E-state index is 12.7. The van der Waals surface area contributed by atoms with Crippen LogP contribution >= 0.6 is 11.3 Å². The molecule has 0 aromatic carbocycles. The molecule has 5 heteroatoms. The molecule has 1 saturated heterocycles. The Balaban J connectivity index is 1.70. The Morgan fingerprint density at radius 1 is 1.41 bits per heavy atom. The minimum absolute atomic E-state index is 0.180. The number of nitrogens with zero attached hydrogens (tertiary/aromatic N) is 3. The third-order valence-corrected chi connectivity index (χ3v) is 5.25. The van der Waals surface area contributed by atoms with Gasteiger partial charge in [0.25, 0.3) is 0 Å². The maximum Gasteiger partial charge on any atom is 0.229 e. The highest BCUT2D eigenvalue weighted by Gasteiger charge is 2.30. The van der Waals surface area contributed by atoms with Crippen LogP contribution in [0.25, 0.3) is 0 Å². The van der Waals surface area contributed by atoms with Crippen molar-refractivity contribution in [3.63, 3.8) is 0 Å². The van der Waals surface area contributed by atoms with Crippen molar-refractivity contribution >= 4 is 17.2 Å². The first-order valence-electron chi connectivity index (χ1n) is 7.79. The monoisotopic (exact) mass is 315 g/mol. The second-order valence-electron chi connectivity index (χ2n) is 6.03. The average Bonchev–Trinajstić information content (AvgIpc) is 3.17. The Kier molecular flexibility index (Phi) is 4.52. The summed E-state index contributed by atoms with van der Waals surface area (Å²) in [6, 6.07) is 4.21. The summed E-state index contributed by atoms with van der Waals surface area (Å²) in [5.74, 6) is 0.602. The third kappa shape index (κ3) is 3.19. The third-order valence-electron chi connectivity index (χ3n) is 4.06. The topological polar surface area (TPSA) is 46.1 Å². The summed E-state index contributed by atoms with van der Waals surface area (Å²) in [7, 11) is 0. The highest BCUT2D eigenvalue weighted by molar-refractivity contribution is 7.09. The van der Waals surface area contributed by atoms with Crippen molar-refractivity contribution in [2.24, 2.45) is 0 Å². The van der Waals surface area contributed by atoms with Gasteiger partial charge in [-0.25, -0.2) is 4.98 Å². The van der Waals surface area contributed by atoms with Gasteiger partial charge in [-0.15, -0.1) is 11.3 Å². The molecule has 2 aromatic rings. The second-order valence-corrected chi connectivity index (χ2v) is 6.92. The van der Waals surface area contributed by atoms with E-state index >= 15 is 0 Å². The van der Waals surface area contributed by atoms with Gasteiger partial charge in [0, 0.05) is 30.2 Å². The molecule has 22 heavy (non-hydrogen) atoms. The Morgan fingerprint density at radius 2 is 2.18 bits per heavy atom. The smallest absolute Gasteiger partial charge is 0.229 e. The molecule has 1 aliphatic rings. The van der Waals surface area contributed by atoms with Gasteiger partial charge in [-0.1, -0.05) is 13.8 Å². The van der Waals surface area contributed by atoms with Crippen LogP contribution in [0, 0.1) is 0 Å². The fourth-order valence-corrected chi connectivity index (χ4v) is 3.76. The van der Waals surface area contributed by atoms with Crippen LogP contribution in [0.5, 0.6) is 0 Å². The molecule has 0 bridgehead atoms. The average molecular weight is 315 g/mol. The van der Waals surface area contributed by atoms with E-state index in [9.17, 15) is 4.79 Å². The van der Waals surface area contributed by atoms with Gasteiger partial charge in [0.2, 0.25) is 5.91 Å². The quantitative estimate of drug-likeness (QED) is 0.866. The zero-order valence-electron chi connectivity index (χ0n) is 13.0. The standard InChI is InChI=1S/C17H21N3OS/c1-12(2)17-19-14(11-22-17)10-16(21)20-9-3-4-15(20)13-5-7-18-8-6-13/h5-8,11-12,15H,3-4,9-10H2,1-2H3/t15-/m0/s1. The fourth-order valence-electron chi connectivity index (χ4n) is 2.92. The van der Waals surface area contributed by atoms with Crippen molar-refractivity contribution in [2.75, 3.05) is 6.54 Å². The summed E-state index contributed by atoms with van der Waals surface area (Å²) in [5, 5.41) is 3.12. The number of hydrogen-bond donors (Lipinski definition) is 0. The predicted molar refractivity (Wildman–Crippen MR) is 87.8 cm³/mol. The molecule has 3 heterocycles. The molecule has 4 nitrogen and oxygen atoms in total. The molecule has 0 N–H and O–H groups in total. The normalized spacial score (nSPS) is 18.1. The maximum absolute atomic E-state index is 12.7. The number of aromatic nitrogens is 2.